The van der Waals surface area contributed by atoms with Crippen molar-refractivity contribution in [2.45, 2.75) is 12.0 Å². The fourth-order valence-electron chi connectivity index (χ4n) is 13.1. The van der Waals surface area contributed by atoms with Gasteiger partial charge in [-0.05, 0) is 169 Å². The highest BCUT2D eigenvalue weighted by molar-refractivity contribution is 6.12. The lowest BCUT2D eigenvalue weighted by molar-refractivity contribution is 0.805. The first-order valence-corrected chi connectivity index (χ1v) is 27.5. The Hall–Kier alpha value is -10.7. The van der Waals surface area contributed by atoms with Crippen molar-refractivity contribution in [1.82, 2.24) is 19.9 Å². The molecule has 5 N–H and O–H groups in total. The maximum Gasteiger partial charge on any atom is 0.0551 e. The minimum Gasteiger partial charge on any atom is -0.378 e. The third kappa shape index (κ3) is 7.02. The van der Waals surface area contributed by atoms with Crippen molar-refractivity contribution in [2.24, 2.45) is 0 Å². The molecule has 0 spiro atoms. The van der Waals surface area contributed by atoms with Crippen LogP contribution in [0.25, 0.3) is 87.2 Å². The van der Waals surface area contributed by atoms with Crippen LogP contribution in [0, 0.1) is 0 Å². The van der Waals surface area contributed by atoms with Gasteiger partial charge in [0, 0.05) is 150 Å². The smallest absolute Gasteiger partial charge is 0.0551 e. The van der Waals surface area contributed by atoms with Gasteiger partial charge in [-0.15, -0.1) is 0 Å². The molecule has 15 aromatic rings. The fraction of sp³-hybridized carbons (Fsp3) is 0.0278. The standard InChI is InChI=1S/C72H50N8/c1-6-16-63-53(11-1)58-39-48(29-34-68(58)73-63)78(44-21-25-46(26-22-44)79(49-30-35-69-59(40-49)54-12-2-7-17-64(54)74-69)50-31-36-70-60(41-50)55-13-3-8-18-65(55)75-70)45-23-27-47(28-24-45)80(51-32-37-71-61(42-51)56-14-4-9-19-66(56)76-71)52-33-38-72-62(43-52)57-15-5-10-20-67(57)77-72/h1-43,54,64,73-77H. The van der Waals surface area contributed by atoms with E-state index in [0.29, 0.717) is 0 Å². The highest BCUT2D eigenvalue weighted by Gasteiger charge is 2.31. The van der Waals surface area contributed by atoms with E-state index < -0.39 is 0 Å². The molecule has 0 fully saturated rings. The summed E-state index contributed by atoms with van der Waals surface area (Å²) in [5, 5.41) is 13.3. The highest BCUT2D eigenvalue weighted by Crippen LogP contribution is 2.47. The maximum absolute atomic E-state index is 3.77. The number of aromatic amines is 4. The van der Waals surface area contributed by atoms with E-state index in [4.69, 9.17) is 0 Å². The SMILES string of the molecule is C1=CC2Nc3ccc(N(c4ccc(N(c5ccc(N(c6ccc7[nH]c8ccccc8c7c6)c6ccc7[nH]c8ccccc8c7c6)cc5)c5ccc6[nH]c7ccccc7c6c5)cc4)c4ccc5[nH]c6ccccc6c5c4)cc3C2C=C1. The minimum absolute atomic E-state index is 0.247. The van der Waals surface area contributed by atoms with Gasteiger partial charge in [0.1, 0.15) is 0 Å². The zero-order valence-corrected chi connectivity index (χ0v) is 43.3. The van der Waals surface area contributed by atoms with Crippen LogP contribution in [0.4, 0.5) is 56.9 Å². The molecule has 0 saturated carbocycles. The second-order valence-corrected chi connectivity index (χ2v) is 21.4. The largest absolute Gasteiger partial charge is 0.378 e. The van der Waals surface area contributed by atoms with Crippen molar-refractivity contribution >= 4 is 144 Å². The summed E-state index contributed by atoms with van der Waals surface area (Å²) in [5.41, 5.74) is 21.0. The fourth-order valence-corrected chi connectivity index (χ4v) is 13.1. The van der Waals surface area contributed by atoms with Gasteiger partial charge in [-0.3, -0.25) is 0 Å². The first-order valence-electron chi connectivity index (χ1n) is 27.5. The van der Waals surface area contributed by atoms with Crippen molar-refractivity contribution in [3.05, 3.63) is 266 Å². The molecule has 17 rings (SSSR count). The van der Waals surface area contributed by atoms with E-state index in [2.05, 4.69) is 301 Å². The number of nitrogens with zero attached hydrogens (tertiary/aromatic N) is 3. The number of anilines is 10. The molecule has 4 aromatic heterocycles. The molecule has 80 heavy (non-hydrogen) atoms. The van der Waals surface area contributed by atoms with Crippen molar-refractivity contribution in [2.75, 3.05) is 20.0 Å². The number of para-hydroxylation sites is 4. The number of fused-ring (bicyclic) bond motifs is 15. The van der Waals surface area contributed by atoms with Crippen LogP contribution in [0.5, 0.6) is 0 Å². The number of rotatable bonds is 9. The highest BCUT2D eigenvalue weighted by atomic mass is 15.2. The molecule has 0 radical (unpaired) electrons. The van der Waals surface area contributed by atoms with E-state index in [1.165, 1.54) is 54.3 Å². The normalized spacial score (nSPS) is 14.8. The summed E-state index contributed by atoms with van der Waals surface area (Å²) in [6.45, 7) is 0. The summed E-state index contributed by atoms with van der Waals surface area (Å²) in [7, 11) is 0. The maximum atomic E-state index is 3.77. The summed E-state index contributed by atoms with van der Waals surface area (Å²) in [4.78, 5) is 21.8. The summed E-state index contributed by atoms with van der Waals surface area (Å²) < 4.78 is 0. The summed E-state index contributed by atoms with van der Waals surface area (Å²) in [6, 6.07) is 86.8. The summed E-state index contributed by atoms with van der Waals surface area (Å²) in [6.07, 6.45) is 8.92. The Labute approximate surface area is 460 Å². The molecule has 0 amide bonds. The van der Waals surface area contributed by atoms with E-state index in [1.807, 2.05) is 0 Å². The van der Waals surface area contributed by atoms with Gasteiger partial charge in [0.2, 0.25) is 0 Å². The van der Waals surface area contributed by atoms with E-state index in [0.717, 1.165) is 95.3 Å². The van der Waals surface area contributed by atoms with Crippen LogP contribution >= 0.6 is 0 Å². The number of allylic oxidation sites excluding steroid dienone is 2. The Morgan fingerprint density at radius 1 is 0.250 bits per heavy atom. The van der Waals surface area contributed by atoms with Gasteiger partial charge in [-0.2, -0.15) is 0 Å². The Morgan fingerprint density at radius 3 is 0.912 bits per heavy atom. The molecule has 11 aromatic carbocycles. The van der Waals surface area contributed by atoms with Gasteiger partial charge in [0.25, 0.3) is 0 Å². The lowest BCUT2D eigenvalue weighted by Gasteiger charge is -2.30. The van der Waals surface area contributed by atoms with Crippen LogP contribution in [0.1, 0.15) is 11.5 Å². The number of aromatic nitrogens is 4. The molecule has 378 valence electrons. The van der Waals surface area contributed by atoms with Crippen molar-refractivity contribution < 1.29 is 0 Å². The zero-order valence-electron chi connectivity index (χ0n) is 43.3. The van der Waals surface area contributed by atoms with Crippen LogP contribution in [-0.2, 0) is 0 Å². The van der Waals surface area contributed by atoms with Crippen LogP contribution in [-0.4, -0.2) is 26.0 Å². The second-order valence-electron chi connectivity index (χ2n) is 21.4. The quantitative estimate of drug-likeness (QED) is 0.0997. The van der Waals surface area contributed by atoms with Gasteiger partial charge in [0.15, 0.2) is 0 Å². The molecule has 2 unspecified atom stereocenters. The molecular weight excluding hydrogens is 977 g/mol. The van der Waals surface area contributed by atoms with E-state index in [-0.39, 0.29) is 12.0 Å². The Morgan fingerprint density at radius 2 is 0.537 bits per heavy atom. The summed E-state index contributed by atoms with van der Waals surface area (Å²) in [5.74, 6) is 0.267. The zero-order chi connectivity index (χ0) is 52.4. The molecule has 0 saturated heterocycles. The van der Waals surface area contributed by atoms with Crippen LogP contribution in [0.3, 0.4) is 0 Å². The first kappa shape index (κ1) is 44.4. The average molecular weight is 1030 g/mol. The number of hydrogen-bond donors (Lipinski definition) is 5. The van der Waals surface area contributed by atoms with Gasteiger partial charge in [-0.1, -0.05) is 97.1 Å². The molecule has 0 bridgehead atoms. The molecule has 1 aliphatic carbocycles. The number of H-pyrrole nitrogens is 4. The third-order valence-corrected chi connectivity index (χ3v) is 16.8. The van der Waals surface area contributed by atoms with Crippen LogP contribution in [0.2, 0.25) is 0 Å². The first-order chi connectivity index (χ1) is 39.6. The Kier molecular flexibility index (Phi) is 9.67. The minimum atomic E-state index is 0.247. The predicted molar refractivity (Wildman–Crippen MR) is 336 cm³/mol. The van der Waals surface area contributed by atoms with E-state index >= 15 is 0 Å². The number of nitrogens with one attached hydrogen (secondary N) is 5. The Balaban J connectivity index is 0.811. The molecule has 8 heteroatoms. The van der Waals surface area contributed by atoms with Crippen LogP contribution in [0.15, 0.2) is 261 Å². The third-order valence-electron chi connectivity index (χ3n) is 16.8. The van der Waals surface area contributed by atoms with Gasteiger partial charge < -0.3 is 40.0 Å². The number of benzene rings is 11. The monoisotopic (exact) mass is 1030 g/mol. The predicted octanol–water partition coefficient (Wildman–Crippen LogP) is 19.6. The van der Waals surface area contributed by atoms with Crippen molar-refractivity contribution in [3.63, 3.8) is 0 Å². The molecule has 2 atom stereocenters. The molecular formula is C72H50N8. The lowest BCUT2D eigenvalue weighted by Crippen LogP contribution is -2.17. The Bertz CT molecular complexity index is 4920. The lowest BCUT2D eigenvalue weighted by atomic mass is 9.91. The van der Waals surface area contributed by atoms with Crippen molar-refractivity contribution in [1.29, 1.82) is 0 Å². The molecule has 5 heterocycles. The van der Waals surface area contributed by atoms with Gasteiger partial charge >= 0.3 is 0 Å². The summed E-state index contributed by atoms with van der Waals surface area (Å²) >= 11 is 0. The molecule has 8 nitrogen and oxygen atoms in total. The molecule has 2 aliphatic rings. The van der Waals surface area contributed by atoms with Gasteiger partial charge in [-0.25, -0.2) is 0 Å². The van der Waals surface area contributed by atoms with Crippen LogP contribution < -0.4 is 20.0 Å². The molecule has 1 aliphatic heterocycles. The van der Waals surface area contributed by atoms with E-state index in [1.54, 1.807) is 0 Å². The topological polar surface area (TPSA) is 84.9 Å². The van der Waals surface area contributed by atoms with Gasteiger partial charge in [0.05, 0.1) is 6.04 Å². The number of hydrogen-bond acceptors (Lipinski definition) is 4. The second kappa shape index (κ2) is 17.4. The van der Waals surface area contributed by atoms with E-state index in [9.17, 15) is 0 Å². The average Bonchev–Trinajstić information content (AvgIpc) is 4.37. The van der Waals surface area contributed by atoms with Crippen molar-refractivity contribution in [3.8, 4) is 0 Å².